The average molecular weight is 390 g/mol. The molecule has 1 N–H and O–H groups in total. The van der Waals surface area contributed by atoms with Crippen LogP contribution >= 0.6 is 33.9 Å². The van der Waals surface area contributed by atoms with Crippen LogP contribution in [0.1, 0.15) is 22.2 Å². The highest BCUT2D eigenvalue weighted by Gasteiger charge is 2.12. The fraction of sp³-hybridized carbons (Fsp3) is 0.417. The molecule has 0 unspecified atom stereocenters. The highest BCUT2D eigenvalue weighted by molar-refractivity contribution is 14.1. The topological polar surface area (TPSA) is 59.9 Å². The van der Waals surface area contributed by atoms with Crippen LogP contribution in [0.15, 0.2) is 5.38 Å². The number of nitrogens with one attached hydrogen (secondary N) is 1. The van der Waals surface area contributed by atoms with Gasteiger partial charge in [-0.25, -0.2) is 15.0 Å². The van der Waals surface area contributed by atoms with E-state index >= 15 is 0 Å². The molecular weight excluding hydrogens is 375 g/mol. The van der Waals surface area contributed by atoms with Crippen molar-refractivity contribution >= 4 is 39.7 Å². The third-order valence-corrected chi connectivity index (χ3v) is 4.45. The van der Waals surface area contributed by atoms with E-state index in [1.165, 1.54) is 0 Å². The van der Waals surface area contributed by atoms with Gasteiger partial charge >= 0.3 is 0 Å². The number of methoxy groups -OCH3 is 1. The van der Waals surface area contributed by atoms with E-state index in [-0.39, 0.29) is 0 Å². The summed E-state index contributed by atoms with van der Waals surface area (Å²) >= 11 is 3.88. The Bertz CT molecular complexity index is 573. The summed E-state index contributed by atoms with van der Waals surface area (Å²) in [5.74, 6) is 1.60. The van der Waals surface area contributed by atoms with Crippen molar-refractivity contribution in [2.24, 2.45) is 0 Å². The summed E-state index contributed by atoms with van der Waals surface area (Å²) in [6.45, 7) is 2.48. The van der Waals surface area contributed by atoms with Crippen molar-refractivity contribution in [2.75, 3.05) is 19.5 Å². The van der Waals surface area contributed by atoms with Crippen LogP contribution in [0.5, 0.6) is 0 Å². The number of rotatable bonds is 5. The van der Waals surface area contributed by atoms with E-state index < -0.39 is 0 Å². The molecule has 0 fully saturated rings. The van der Waals surface area contributed by atoms with Gasteiger partial charge < -0.3 is 10.1 Å². The third kappa shape index (κ3) is 3.61. The van der Waals surface area contributed by atoms with Gasteiger partial charge in [0.05, 0.1) is 33.0 Å². The summed E-state index contributed by atoms with van der Waals surface area (Å²) in [5, 5.41) is 6.20. The zero-order chi connectivity index (χ0) is 13.8. The summed E-state index contributed by atoms with van der Waals surface area (Å²) in [7, 11) is 3.53. The highest BCUT2D eigenvalue weighted by atomic mass is 127. The van der Waals surface area contributed by atoms with E-state index in [1.54, 1.807) is 18.4 Å². The quantitative estimate of drug-likeness (QED) is 0.796. The summed E-state index contributed by atoms with van der Waals surface area (Å²) in [5.41, 5.74) is 1.92. The molecular formula is C12H15IN4OS. The molecule has 2 aromatic rings. The molecule has 0 spiro atoms. The van der Waals surface area contributed by atoms with Gasteiger partial charge in [-0.05, 0) is 29.5 Å². The molecule has 0 aliphatic heterocycles. The zero-order valence-electron chi connectivity index (χ0n) is 11.0. The highest BCUT2D eigenvalue weighted by Crippen LogP contribution is 2.21. The average Bonchev–Trinajstić information content (AvgIpc) is 2.79. The first-order valence-electron chi connectivity index (χ1n) is 5.77. The summed E-state index contributed by atoms with van der Waals surface area (Å²) in [6.07, 6.45) is 0.645. The van der Waals surface area contributed by atoms with Gasteiger partial charge in [0, 0.05) is 19.5 Å². The van der Waals surface area contributed by atoms with Crippen LogP contribution in [0.4, 0.5) is 5.82 Å². The van der Waals surface area contributed by atoms with E-state index in [0.29, 0.717) is 13.0 Å². The van der Waals surface area contributed by atoms with Crippen LogP contribution in [0.2, 0.25) is 0 Å². The van der Waals surface area contributed by atoms with Crippen molar-refractivity contribution in [3.63, 3.8) is 0 Å². The van der Waals surface area contributed by atoms with Crippen LogP contribution < -0.4 is 5.32 Å². The SMILES string of the molecule is CNc1nc(Cc2csc(C)n2)nc(COC)c1I. The zero-order valence-corrected chi connectivity index (χ0v) is 14.0. The molecule has 0 aromatic carbocycles. The Morgan fingerprint density at radius 2 is 2.16 bits per heavy atom. The van der Waals surface area contributed by atoms with Crippen LogP contribution in [-0.2, 0) is 17.8 Å². The first-order chi connectivity index (χ1) is 9.13. The molecule has 2 rings (SSSR count). The number of halogens is 1. The number of aryl methyl sites for hydroxylation is 1. The lowest BCUT2D eigenvalue weighted by Gasteiger charge is -2.10. The maximum Gasteiger partial charge on any atom is 0.143 e. The molecule has 2 aromatic heterocycles. The number of nitrogens with zero attached hydrogens (tertiary/aromatic N) is 3. The Hall–Kier alpha value is -0.800. The maximum atomic E-state index is 5.18. The van der Waals surface area contributed by atoms with Gasteiger partial charge in [-0.3, -0.25) is 0 Å². The van der Waals surface area contributed by atoms with E-state index in [9.17, 15) is 0 Å². The minimum atomic E-state index is 0.485. The van der Waals surface area contributed by atoms with Gasteiger partial charge in [0.2, 0.25) is 0 Å². The minimum Gasteiger partial charge on any atom is -0.378 e. The molecule has 0 atom stereocenters. The van der Waals surface area contributed by atoms with Gasteiger partial charge in [-0.15, -0.1) is 11.3 Å². The molecule has 0 saturated carbocycles. The predicted octanol–water partition coefficient (Wildman–Crippen LogP) is 2.63. The second-order valence-corrected chi connectivity index (χ2v) is 6.11. The van der Waals surface area contributed by atoms with Gasteiger partial charge in [0.15, 0.2) is 0 Å². The summed E-state index contributed by atoms with van der Waals surface area (Å²) < 4.78 is 6.18. The second-order valence-electron chi connectivity index (χ2n) is 3.97. The Balaban J connectivity index is 2.31. The molecule has 102 valence electrons. The maximum absolute atomic E-state index is 5.18. The van der Waals surface area contributed by atoms with Crippen molar-refractivity contribution in [1.82, 2.24) is 15.0 Å². The molecule has 7 heteroatoms. The molecule has 0 aliphatic rings. The minimum absolute atomic E-state index is 0.485. The first kappa shape index (κ1) is 14.6. The Morgan fingerprint density at radius 1 is 1.37 bits per heavy atom. The third-order valence-electron chi connectivity index (χ3n) is 2.49. The first-order valence-corrected chi connectivity index (χ1v) is 7.73. The van der Waals surface area contributed by atoms with Crippen molar-refractivity contribution in [3.05, 3.63) is 31.2 Å². The van der Waals surface area contributed by atoms with Crippen molar-refractivity contribution < 1.29 is 4.74 Å². The number of hydrogen-bond acceptors (Lipinski definition) is 6. The smallest absolute Gasteiger partial charge is 0.143 e. The van der Waals surface area contributed by atoms with Crippen LogP contribution in [-0.4, -0.2) is 29.1 Å². The van der Waals surface area contributed by atoms with E-state index in [2.05, 4.69) is 42.9 Å². The summed E-state index contributed by atoms with van der Waals surface area (Å²) in [6, 6.07) is 0. The molecule has 2 heterocycles. The molecule has 5 nitrogen and oxygen atoms in total. The normalized spacial score (nSPS) is 10.7. The fourth-order valence-corrected chi connectivity index (χ4v) is 2.95. The summed E-state index contributed by atoms with van der Waals surface area (Å²) in [4.78, 5) is 13.5. The van der Waals surface area contributed by atoms with Crippen LogP contribution in [0.3, 0.4) is 0 Å². The number of anilines is 1. The molecule has 0 radical (unpaired) electrons. The number of thiazole rings is 1. The Kier molecular flexibility index (Phi) is 5.06. The fourth-order valence-electron chi connectivity index (χ4n) is 1.67. The Morgan fingerprint density at radius 3 is 2.74 bits per heavy atom. The van der Waals surface area contributed by atoms with Crippen molar-refractivity contribution in [2.45, 2.75) is 20.0 Å². The van der Waals surface area contributed by atoms with E-state index in [1.807, 2.05) is 19.4 Å². The Labute approximate surface area is 130 Å². The van der Waals surface area contributed by atoms with Crippen molar-refractivity contribution in [3.8, 4) is 0 Å². The van der Waals surface area contributed by atoms with Gasteiger partial charge in [-0.1, -0.05) is 0 Å². The monoisotopic (exact) mass is 390 g/mol. The van der Waals surface area contributed by atoms with E-state index in [4.69, 9.17) is 4.74 Å². The number of hydrogen-bond donors (Lipinski definition) is 1. The number of aromatic nitrogens is 3. The molecule has 0 amide bonds. The lowest BCUT2D eigenvalue weighted by molar-refractivity contribution is 0.180. The molecule has 19 heavy (non-hydrogen) atoms. The number of ether oxygens (including phenoxy) is 1. The lowest BCUT2D eigenvalue weighted by atomic mass is 10.3. The lowest BCUT2D eigenvalue weighted by Crippen LogP contribution is -2.09. The standard InChI is InChI=1S/C12H15IN4OS/c1-7-15-8(6-19-7)4-10-16-9(5-18-3)11(13)12(14-2)17-10/h6H,4-5H2,1-3H3,(H,14,16,17). The largest absolute Gasteiger partial charge is 0.378 e. The second kappa shape index (κ2) is 6.58. The van der Waals surface area contributed by atoms with Crippen molar-refractivity contribution in [1.29, 1.82) is 0 Å². The van der Waals surface area contributed by atoms with Gasteiger partial charge in [0.1, 0.15) is 11.6 Å². The predicted molar refractivity (Wildman–Crippen MR) is 84.7 cm³/mol. The molecule has 0 aliphatic carbocycles. The van der Waals surface area contributed by atoms with Crippen LogP contribution in [0, 0.1) is 10.5 Å². The van der Waals surface area contributed by atoms with E-state index in [0.717, 1.165) is 31.6 Å². The van der Waals surface area contributed by atoms with Gasteiger partial charge in [0.25, 0.3) is 0 Å². The molecule has 0 saturated heterocycles. The molecule has 0 bridgehead atoms. The van der Waals surface area contributed by atoms with Crippen LogP contribution in [0.25, 0.3) is 0 Å². The van der Waals surface area contributed by atoms with Gasteiger partial charge in [-0.2, -0.15) is 0 Å².